The second-order valence-electron chi connectivity index (χ2n) is 4.99. The van der Waals surface area contributed by atoms with Crippen LogP contribution in [0.25, 0.3) is 0 Å². The van der Waals surface area contributed by atoms with Gasteiger partial charge in [0.05, 0.1) is 6.54 Å². The maximum Gasteiger partial charge on any atom is 0.182 e. The third-order valence-corrected chi connectivity index (χ3v) is 3.19. The molecule has 2 rings (SSSR count). The fourth-order valence-electron chi connectivity index (χ4n) is 2.07. The van der Waals surface area contributed by atoms with Gasteiger partial charge in [0.1, 0.15) is 5.82 Å². The van der Waals surface area contributed by atoms with Crippen LogP contribution in [-0.4, -0.2) is 18.4 Å². The van der Waals surface area contributed by atoms with Gasteiger partial charge >= 0.3 is 0 Å². The zero-order valence-corrected chi connectivity index (χ0v) is 11.7. The molecular formula is C17H18FNO. The van der Waals surface area contributed by atoms with Crippen molar-refractivity contribution in [2.75, 3.05) is 11.4 Å². The summed E-state index contributed by atoms with van der Waals surface area (Å²) in [6.45, 7) is 4.38. The first kappa shape index (κ1) is 14.3. The van der Waals surface area contributed by atoms with Crippen LogP contribution in [0.1, 0.15) is 24.2 Å². The third kappa shape index (κ3) is 3.44. The Morgan fingerprint density at radius 1 is 1.05 bits per heavy atom. The van der Waals surface area contributed by atoms with E-state index in [1.165, 1.54) is 24.3 Å². The number of hydrogen-bond donors (Lipinski definition) is 0. The van der Waals surface area contributed by atoms with Crippen molar-refractivity contribution >= 4 is 11.5 Å². The van der Waals surface area contributed by atoms with Crippen molar-refractivity contribution in [1.29, 1.82) is 0 Å². The molecule has 0 radical (unpaired) electrons. The van der Waals surface area contributed by atoms with Gasteiger partial charge in [-0.25, -0.2) is 4.39 Å². The van der Waals surface area contributed by atoms with E-state index in [4.69, 9.17) is 0 Å². The average Bonchev–Trinajstić information content (AvgIpc) is 2.46. The molecule has 0 atom stereocenters. The van der Waals surface area contributed by atoms with Gasteiger partial charge in [0.25, 0.3) is 0 Å². The van der Waals surface area contributed by atoms with Crippen LogP contribution in [0.3, 0.4) is 0 Å². The van der Waals surface area contributed by atoms with Gasteiger partial charge in [-0.05, 0) is 50.2 Å². The number of anilines is 1. The van der Waals surface area contributed by atoms with E-state index in [9.17, 15) is 9.18 Å². The van der Waals surface area contributed by atoms with E-state index in [2.05, 4.69) is 0 Å². The molecule has 0 unspecified atom stereocenters. The van der Waals surface area contributed by atoms with Crippen LogP contribution in [0.15, 0.2) is 54.6 Å². The summed E-state index contributed by atoms with van der Waals surface area (Å²) in [5.74, 6) is -0.340. The number of Topliss-reactive ketones (excluding diaryl/α,β-unsaturated/α-hetero) is 1. The lowest BCUT2D eigenvalue weighted by atomic mass is 10.2. The maximum atomic E-state index is 12.9. The van der Waals surface area contributed by atoms with Crippen molar-refractivity contribution < 1.29 is 9.18 Å². The van der Waals surface area contributed by atoms with Crippen LogP contribution < -0.4 is 4.90 Å². The number of para-hydroxylation sites is 1. The number of carbonyl (C=O) groups is 1. The molecule has 0 bridgehead atoms. The molecule has 0 spiro atoms. The number of benzene rings is 2. The van der Waals surface area contributed by atoms with E-state index in [1.54, 1.807) is 0 Å². The highest BCUT2D eigenvalue weighted by Gasteiger charge is 2.15. The number of hydrogen-bond acceptors (Lipinski definition) is 2. The van der Waals surface area contributed by atoms with Crippen molar-refractivity contribution in [3.05, 3.63) is 66.0 Å². The van der Waals surface area contributed by atoms with Crippen LogP contribution >= 0.6 is 0 Å². The zero-order valence-electron chi connectivity index (χ0n) is 11.7. The van der Waals surface area contributed by atoms with Crippen molar-refractivity contribution in [3.8, 4) is 0 Å². The molecule has 0 aromatic heterocycles. The molecule has 0 aliphatic carbocycles. The van der Waals surface area contributed by atoms with Crippen LogP contribution in [0.4, 0.5) is 10.1 Å². The van der Waals surface area contributed by atoms with Crippen LogP contribution in [0, 0.1) is 5.82 Å². The molecule has 2 nitrogen and oxygen atoms in total. The summed E-state index contributed by atoms with van der Waals surface area (Å²) in [5, 5.41) is 0. The molecule has 0 saturated carbocycles. The third-order valence-electron chi connectivity index (χ3n) is 3.19. The Morgan fingerprint density at radius 3 is 2.20 bits per heavy atom. The lowest BCUT2D eigenvalue weighted by molar-refractivity contribution is 0.0997. The minimum atomic E-state index is -0.328. The van der Waals surface area contributed by atoms with E-state index in [0.717, 1.165) is 5.69 Å². The topological polar surface area (TPSA) is 20.3 Å². The molecule has 0 N–H and O–H groups in total. The van der Waals surface area contributed by atoms with Gasteiger partial charge < -0.3 is 4.90 Å². The molecular weight excluding hydrogens is 255 g/mol. The van der Waals surface area contributed by atoms with Crippen LogP contribution in [0.5, 0.6) is 0 Å². The Labute approximate surface area is 118 Å². The molecule has 0 fully saturated rings. The standard InChI is InChI=1S/C17H18FNO/c1-13(2)19(16-6-4-3-5-7-16)12-17(20)14-8-10-15(18)11-9-14/h3-11,13H,12H2,1-2H3/i17+2. The molecule has 0 heterocycles. The summed E-state index contributed by atoms with van der Waals surface area (Å²) in [7, 11) is 0. The number of carbonyl (C=O) groups excluding carboxylic acids is 1. The second-order valence-corrected chi connectivity index (χ2v) is 4.99. The summed E-state index contributed by atoms with van der Waals surface area (Å²) in [5.41, 5.74) is 1.55. The van der Waals surface area contributed by atoms with E-state index >= 15 is 0 Å². The molecule has 3 heteroatoms. The van der Waals surface area contributed by atoms with E-state index in [-0.39, 0.29) is 24.2 Å². The molecule has 0 aliphatic heterocycles. The highest BCUT2D eigenvalue weighted by molar-refractivity contribution is 5.99. The molecule has 0 amide bonds. The van der Waals surface area contributed by atoms with Gasteiger partial charge in [-0.1, -0.05) is 18.2 Å². The molecule has 2 aromatic rings. The largest absolute Gasteiger partial charge is 0.361 e. The highest BCUT2D eigenvalue weighted by Crippen LogP contribution is 2.17. The predicted molar refractivity (Wildman–Crippen MR) is 79.7 cm³/mol. The lowest BCUT2D eigenvalue weighted by Gasteiger charge is -2.28. The number of rotatable bonds is 5. The van der Waals surface area contributed by atoms with Crippen molar-refractivity contribution in [1.82, 2.24) is 0 Å². The monoisotopic (exact) mass is 273 g/mol. The molecule has 0 saturated heterocycles. The Balaban J connectivity index is 2.17. The van der Waals surface area contributed by atoms with E-state index in [0.29, 0.717) is 5.56 Å². The zero-order chi connectivity index (χ0) is 14.5. The maximum absolute atomic E-state index is 12.9. The summed E-state index contributed by atoms with van der Waals surface area (Å²) >= 11 is 0. The fourth-order valence-corrected chi connectivity index (χ4v) is 2.07. The van der Waals surface area contributed by atoms with Crippen molar-refractivity contribution in [3.63, 3.8) is 0 Å². The fraction of sp³-hybridized carbons (Fsp3) is 0.235. The van der Waals surface area contributed by atoms with Crippen LogP contribution in [0.2, 0.25) is 0 Å². The van der Waals surface area contributed by atoms with Crippen LogP contribution in [-0.2, 0) is 0 Å². The van der Waals surface area contributed by atoms with Gasteiger partial charge in [0, 0.05) is 17.3 Å². The minimum Gasteiger partial charge on any atom is -0.361 e. The lowest BCUT2D eigenvalue weighted by Crippen LogP contribution is -2.35. The van der Waals surface area contributed by atoms with Gasteiger partial charge in [-0.3, -0.25) is 4.79 Å². The molecule has 0 aliphatic rings. The second kappa shape index (κ2) is 6.33. The van der Waals surface area contributed by atoms with Crippen molar-refractivity contribution in [2.24, 2.45) is 0 Å². The normalized spacial score (nSPS) is 10.6. The summed E-state index contributed by atoms with van der Waals surface area (Å²) in [4.78, 5) is 14.3. The smallest absolute Gasteiger partial charge is 0.182 e. The average molecular weight is 273 g/mol. The predicted octanol–water partition coefficient (Wildman–Crippen LogP) is 3.92. The first-order valence-electron chi connectivity index (χ1n) is 6.68. The van der Waals surface area contributed by atoms with Gasteiger partial charge in [-0.15, -0.1) is 0 Å². The van der Waals surface area contributed by atoms with Gasteiger partial charge in [-0.2, -0.15) is 0 Å². The van der Waals surface area contributed by atoms with E-state index < -0.39 is 0 Å². The summed E-state index contributed by atoms with van der Waals surface area (Å²) in [6.07, 6.45) is 0. The highest BCUT2D eigenvalue weighted by atomic mass is 19.1. The number of nitrogens with zero attached hydrogens (tertiary/aromatic N) is 1. The summed E-state index contributed by atoms with van der Waals surface area (Å²) < 4.78 is 12.9. The Bertz CT molecular complexity index is 563. The van der Waals surface area contributed by atoms with Crippen molar-refractivity contribution in [2.45, 2.75) is 19.9 Å². The molecule has 2 aromatic carbocycles. The van der Waals surface area contributed by atoms with Gasteiger partial charge in [0.2, 0.25) is 0 Å². The minimum absolute atomic E-state index is 0.0115. The number of halogens is 1. The summed E-state index contributed by atoms with van der Waals surface area (Å²) in [6, 6.07) is 15.7. The first-order chi connectivity index (χ1) is 9.58. The quantitative estimate of drug-likeness (QED) is 0.769. The molecule has 104 valence electrons. The van der Waals surface area contributed by atoms with Gasteiger partial charge in [0.15, 0.2) is 5.78 Å². The Hall–Kier alpha value is -2.16. The molecule has 20 heavy (non-hydrogen) atoms. The Kier molecular flexibility index (Phi) is 4.51. The number of ketones is 1. The Morgan fingerprint density at radius 2 is 1.65 bits per heavy atom. The SMILES string of the molecule is CC(C)N(C[14C](=O)c1ccc(F)cc1)c1ccccc1. The first-order valence-corrected chi connectivity index (χ1v) is 6.68. The van der Waals surface area contributed by atoms with E-state index in [1.807, 2.05) is 49.1 Å².